The third-order valence-corrected chi connectivity index (χ3v) is 4.91. The molecular weight excluding hydrogens is 309 g/mol. The molecule has 0 spiro atoms. The Morgan fingerprint density at radius 2 is 2.00 bits per heavy atom. The molecule has 3 amide bonds. The second-order valence-corrected chi connectivity index (χ2v) is 6.97. The average molecular weight is 333 g/mol. The van der Waals surface area contributed by atoms with Crippen molar-refractivity contribution in [2.75, 3.05) is 13.1 Å². The predicted molar refractivity (Wildman–Crippen MR) is 89.0 cm³/mol. The molecule has 1 aliphatic heterocycles. The van der Waals surface area contributed by atoms with Crippen molar-refractivity contribution >= 4 is 11.9 Å². The third-order valence-electron chi connectivity index (χ3n) is 4.91. The van der Waals surface area contributed by atoms with Gasteiger partial charge in [0.1, 0.15) is 11.9 Å². The minimum atomic E-state index is -0.445. The van der Waals surface area contributed by atoms with Gasteiger partial charge < -0.3 is 16.0 Å². The fourth-order valence-corrected chi connectivity index (χ4v) is 3.18. The lowest BCUT2D eigenvalue weighted by Crippen LogP contribution is -2.50. The number of halogens is 1. The molecule has 5 nitrogen and oxygen atoms in total. The fraction of sp³-hybridized carbons (Fsp3) is 0.556. The summed E-state index contributed by atoms with van der Waals surface area (Å²) in [5.74, 6) is -0.335. The van der Waals surface area contributed by atoms with E-state index in [0.717, 1.165) is 37.7 Å². The molecule has 24 heavy (non-hydrogen) atoms. The molecule has 130 valence electrons. The zero-order valence-corrected chi connectivity index (χ0v) is 13.7. The number of carbonyl (C=O) groups excluding carboxylic acids is 2. The van der Waals surface area contributed by atoms with Gasteiger partial charge in [-0.2, -0.15) is 0 Å². The Bertz CT molecular complexity index is 599. The molecule has 6 heteroatoms. The van der Waals surface area contributed by atoms with E-state index in [1.807, 2.05) is 0 Å². The molecule has 1 unspecified atom stereocenters. The number of urea groups is 1. The van der Waals surface area contributed by atoms with Crippen LogP contribution in [0, 0.1) is 11.2 Å². The lowest BCUT2D eigenvalue weighted by Gasteiger charge is -2.19. The standard InChI is InChI=1S/C18H24FN3O2/c19-14-6-4-13(5-7-14)11-18(8-9-18)12-21-17(24)22-15-3-1-2-10-20-16(15)23/h4-7,15H,1-3,8-12H2,(H,20,23)(H2,21,22,24). The highest BCUT2D eigenvalue weighted by Gasteiger charge is 2.42. The summed E-state index contributed by atoms with van der Waals surface area (Å²) in [4.78, 5) is 23.9. The van der Waals surface area contributed by atoms with E-state index in [0.29, 0.717) is 19.5 Å². The summed E-state index contributed by atoms with van der Waals surface area (Å²) in [6.45, 7) is 1.25. The topological polar surface area (TPSA) is 70.2 Å². The van der Waals surface area contributed by atoms with Crippen LogP contribution in [0.25, 0.3) is 0 Å². The second-order valence-electron chi connectivity index (χ2n) is 6.97. The van der Waals surface area contributed by atoms with E-state index in [4.69, 9.17) is 0 Å². The van der Waals surface area contributed by atoms with Gasteiger partial charge in [-0.3, -0.25) is 4.79 Å². The van der Waals surface area contributed by atoms with Gasteiger partial charge in [0.05, 0.1) is 0 Å². The first-order valence-electron chi connectivity index (χ1n) is 8.63. The average Bonchev–Trinajstić information content (AvgIpc) is 3.35. The maximum Gasteiger partial charge on any atom is 0.315 e. The largest absolute Gasteiger partial charge is 0.354 e. The predicted octanol–water partition coefficient (Wildman–Crippen LogP) is 2.12. The first kappa shape index (κ1) is 16.7. The highest BCUT2D eigenvalue weighted by molar-refractivity contribution is 5.87. The van der Waals surface area contributed by atoms with Crippen molar-refractivity contribution in [1.82, 2.24) is 16.0 Å². The first-order chi connectivity index (χ1) is 11.6. The number of amides is 3. The molecule has 1 atom stereocenters. The van der Waals surface area contributed by atoms with Gasteiger partial charge in [0.2, 0.25) is 5.91 Å². The van der Waals surface area contributed by atoms with E-state index in [-0.39, 0.29) is 23.2 Å². The summed E-state index contributed by atoms with van der Waals surface area (Å²) in [6, 6.07) is 5.80. The van der Waals surface area contributed by atoms with Crippen molar-refractivity contribution in [2.24, 2.45) is 5.41 Å². The molecule has 0 aromatic heterocycles. The molecule has 1 saturated carbocycles. The Balaban J connectivity index is 1.47. The van der Waals surface area contributed by atoms with Gasteiger partial charge in [-0.05, 0) is 61.6 Å². The van der Waals surface area contributed by atoms with Crippen molar-refractivity contribution in [3.8, 4) is 0 Å². The Labute approximate surface area is 141 Å². The number of benzene rings is 1. The van der Waals surface area contributed by atoms with Crippen molar-refractivity contribution in [3.05, 3.63) is 35.6 Å². The molecule has 2 fully saturated rings. The van der Waals surface area contributed by atoms with Crippen molar-refractivity contribution in [1.29, 1.82) is 0 Å². The SMILES string of the molecule is O=C(NCC1(Cc2ccc(F)cc2)CC1)NC1CCCCNC1=O. The van der Waals surface area contributed by atoms with Crippen molar-refractivity contribution < 1.29 is 14.0 Å². The number of hydrogen-bond acceptors (Lipinski definition) is 2. The summed E-state index contributed by atoms with van der Waals surface area (Å²) >= 11 is 0. The van der Waals surface area contributed by atoms with Crippen LogP contribution in [0.3, 0.4) is 0 Å². The third kappa shape index (κ3) is 4.46. The van der Waals surface area contributed by atoms with Crippen LogP contribution in [0.2, 0.25) is 0 Å². The summed E-state index contributed by atoms with van der Waals surface area (Å²) in [5.41, 5.74) is 1.15. The quantitative estimate of drug-likeness (QED) is 0.772. The number of rotatable bonds is 5. The smallest absolute Gasteiger partial charge is 0.315 e. The van der Waals surface area contributed by atoms with Crippen molar-refractivity contribution in [3.63, 3.8) is 0 Å². The number of hydrogen-bond donors (Lipinski definition) is 3. The minimum Gasteiger partial charge on any atom is -0.354 e. The van der Waals surface area contributed by atoms with Crippen LogP contribution in [0.15, 0.2) is 24.3 Å². The van der Waals surface area contributed by atoms with Crippen molar-refractivity contribution in [2.45, 2.75) is 44.6 Å². The monoisotopic (exact) mass is 333 g/mol. The molecule has 1 aliphatic carbocycles. The van der Waals surface area contributed by atoms with Crippen LogP contribution in [-0.2, 0) is 11.2 Å². The molecule has 3 rings (SSSR count). The molecule has 1 aromatic carbocycles. The molecular formula is C18H24FN3O2. The Kier molecular flexibility index (Phi) is 5.02. The highest BCUT2D eigenvalue weighted by atomic mass is 19.1. The van der Waals surface area contributed by atoms with Crippen LogP contribution < -0.4 is 16.0 Å². The van der Waals surface area contributed by atoms with Gasteiger partial charge in [0, 0.05) is 13.1 Å². The molecule has 1 aromatic rings. The van der Waals surface area contributed by atoms with Gasteiger partial charge in [-0.1, -0.05) is 12.1 Å². The van der Waals surface area contributed by atoms with E-state index in [1.54, 1.807) is 12.1 Å². The van der Waals surface area contributed by atoms with Crippen LogP contribution >= 0.6 is 0 Å². The van der Waals surface area contributed by atoms with Gasteiger partial charge >= 0.3 is 6.03 Å². The van der Waals surface area contributed by atoms with E-state index in [9.17, 15) is 14.0 Å². The first-order valence-corrected chi connectivity index (χ1v) is 8.63. The van der Waals surface area contributed by atoms with Gasteiger partial charge in [0.15, 0.2) is 0 Å². The van der Waals surface area contributed by atoms with Gasteiger partial charge in [0.25, 0.3) is 0 Å². The van der Waals surface area contributed by atoms with E-state index >= 15 is 0 Å². The molecule has 3 N–H and O–H groups in total. The second kappa shape index (κ2) is 7.20. The number of nitrogens with one attached hydrogen (secondary N) is 3. The minimum absolute atomic E-state index is 0.0703. The Morgan fingerprint density at radius 1 is 1.25 bits per heavy atom. The molecule has 0 bridgehead atoms. The Hall–Kier alpha value is -2.11. The summed E-state index contributed by atoms with van der Waals surface area (Å²) in [5, 5.41) is 8.48. The van der Waals surface area contributed by atoms with E-state index < -0.39 is 6.04 Å². The lowest BCUT2D eigenvalue weighted by molar-refractivity contribution is -0.122. The maximum atomic E-state index is 13.0. The van der Waals surface area contributed by atoms with Crippen LogP contribution in [0.1, 0.15) is 37.7 Å². The van der Waals surface area contributed by atoms with Gasteiger partial charge in [-0.15, -0.1) is 0 Å². The zero-order valence-electron chi connectivity index (χ0n) is 13.7. The molecule has 2 aliphatic rings. The lowest BCUT2D eigenvalue weighted by atomic mass is 9.96. The summed E-state index contributed by atoms with van der Waals surface area (Å²) < 4.78 is 13.0. The normalized spacial score (nSPS) is 22.2. The zero-order chi connectivity index (χ0) is 17.0. The van der Waals surface area contributed by atoms with Crippen LogP contribution in [0.5, 0.6) is 0 Å². The highest BCUT2D eigenvalue weighted by Crippen LogP contribution is 2.47. The van der Waals surface area contributed by atoms with E-state index in [2.05, 4.69) is 16.0 Å². The van der Waals surface area contributed by atoms with E-state index in [1.165, 1.54) is 12.1 Å². The fourth-order valence-electron chi connectivity index (χ4n) is 3.18. The van der Waals surface area contributed by atoms with Crippen LogP contribution in [0.4, 0.5) is 9.18 Å². The summed E-state index contributed by atoms with van der Waals surface area (Å²) in [7, 11) is 0. The van der Waals surface area contributed by atoms with Gasteiger partial charge in [-0.25, -0.2) is 9.18 Å². The molecule has 0 radical (unpaired) electrons. The Morgan fingerprint density at radius 3 is 2.71 bits per heavy atom. The summed E-state index contributed by atoms with van der Waals surface area (Å²) in [6.07, 6.45) is 5.49. The number of carbonyl (C=O) groups is 2. The maximum absolute atomic E-state index is 13.0. The molecule has 1 heterocycles. The molecule has 1 saturated heterocycles. The van der Waals surface area contributed by atoms with Crippen LogP contribution in [-0.4, -0.2) is 31.1 Å².